The van der Waals surface area contributed by atoms with Gasteiger partial charge in [0.1, 0.15) is 12.1 Å². The Kier molecular flexibility index (Phi) is 9.27. The van der Waals surface area contributed by atoms with Crippen molar-refractivity contribution in [1.29, 1.82) is 0 Å². The van der Waals surface area contributed by atoms with Crippen molar-refractivity contribution in [2.75, 3.05) is 13.2 Å². The third kappa shape index (κ3) is 6.84. The van der Waals surface area contributed by atoms with Crippen LogP contribution in [-0.4, -0.2) is 37.4 Å². The lowest BCUT2D eigenvalue weighted by Crippen LogP contribution is -2.54. The lowest BCUT2D eigenvalue weighted by atomic mass is 10.1. The predicted molar refractivity (Wildman–Crippen MR) is 118 cm³/mol. The van der Waals surface area contributed by atoms with Crippen molar-refractivity contribution in [2.45, 2.75) is 44.0 Å². The zero-order chi connectivity index (χ0) is 22.1. The zero-order valence-corrected chi connectivity index (χ0v) is 18.4. The van der Waals surface area contributed by atoms with Crippen LogP contribution < -0.4 is 0 Å². The number of aryl methyl sites for hydroxylation is 1. The fourth-order valence-electron chi connectivity index (χ4n) is 2.53. The molecule has 0 saturated carbocycles. The van der Waals surface area contributed by atoms with Gasteiger partial charge in [-0.15, -0.1) is 6.58 Å². The molecule has 0 unspecified atom stereocenters. The Bertz CT molecular complexity index is 865. The lowest BCUT2D eigenvalue weighted by molar-refractivity contribution is -0.151. The molecule has 0 atom stereocenters. The summed E-state index contributed by atoms with van der Waals surface area (Å²) in [4.78, 5) is 12.8. The minimum Gasteiger partial charge on any atom is -0.460 e. The SMILES string of the molecule is C=CCC/C=C/C(=C)CN(C(C)(C)C(=O)OCC=C)S(=O)(=O)c1ccc(C)cc1. The summed E-state index contributed by atoms with van der Waals surface area (Å²) in [6.45, 7) is 16.0. The molecule has 0 amide bonds. The first kappa shape index (κ1) is 24.6. The third-order valence-corrected chi connectivity index (χ3v) is 6.34. The van der Waals surface area contributed by atoms with Gasteiger partial charge in [0, 0.05) is 6.54 Å². The van der Waals surface area contributed by atoms with Crippen molar-refractivity contribution in [3.8, 4) is 0 Å². The number of carbonyl (C=O) groups excluding carboxylic acids is 1. The van der Waals surface area contributed by atoms with Crippen molar-refractivity contribution in [3.05, 3.63) is 79.4 Å². The van der Waals surface area contributed by atoms with Gasteiger partial charge in [0.25, 0.3) is 0 Å². The summed E-state index contributed by atoms with van der Waals surface area (Å²) in [7, 11) is -3.98. The number of nitrogens with zero attached hydrogens (tertiary/aromatic N) is 1. The maximum absolute atomic E-state index is 13.4. The number of ether oxygens (including phenoxy) is 1. The Balaban J connectivity index is 3.29. The topological polar surface area (TPSA) is 63.7 Å². The molecule has 0 aliphatic carbocycles. The number of rotatable bonds is 12. The molecular weight excluding hydrogens is 386 g/mol. The second-order valence-corrected chi connectivity index (χ2v) is 9.06. The fourth-order valence-corrected chi connectivity index (χ4v) is 4.28. The van der Waals surface area contributed by atoms with Crippen LogP contribution in [-0.2, 0) is 19.6 Å². The summed E-state index contributed by atoms with van der Waals surface area (Å²) in [6, 6.07) is 6.51. The maximum Gasteiger partial charge on any atom is 0.327 e. The highest BCUT2D eigenvalue weighted by molar-refractivity contribution is 7.89. The average molecular weight is 418 g/mol. The maximum atomic E-state index is 13.4. The third-order valence-electron chi connectivity index (χ3n) is 4.30. The van der Waals surface area contributed by atoms with E-state index in [1.807, 2.05) is 13.0 Å². The molecule has 0 saturated heterocycles. The zero-order valence-electron chi connectivity index (χ0n) is 17.6. The molecule has 1 aromatic carbocycles. The Hall–Kier alpha value is -2.44. The summed E-state index contributed by atoms with van der Waals surface area (Å²) in [5, 5.41) is 0. The van der Waals surface area contributed by atoms with E-state index in [-0.39, 0.29) is 18.0 Å². The van der Waals surface area contributed by atoms with Crippen molar-refractivity contribution < 1.29 is 17.9 Å². The van der Waals surface area contributed by atoms with Gasteiger partial charge in [0.15, 0.2) is 0 Å². The summed E-state index contributed by atoms with van der Waals surface area (Å²) in [5.74, 6) is -0.656. The molecular formula is C23H31NO4S. The lowest BCUT2D eigenvalue weighted by Gasteiger charge is -2.35. The van der Waals surface area contributed by atoms with Crippen LogP contribution in [0.2, 0.25) is 0 Å². The Morgan fingerprint density at radius 3 is 2.31 bits per heavy atom. The van der Waals surface area contributed by atoms with Crippen LogP contribution >= 0.6 is 0 Å². The van der Waals surface area contributed by atoms with Crippen molar-refractivity contribution in [1.82, 2.24) is 4.31 Å². The second kappa shape index (κ2) is 10.9. The highest BCUT2D eigenvalue weighted by Crippen LogP contribution is 2.27. The molecule has 0 spiro atoms. The minimum absolute atomic E-state index is 0.00306. The van der Waals surface area contributed by atoms with Crippen LogP contribution in [0.25, 0.3) is 0 Å². The second-order valence-electron chi connectivity index (χ2n) is 7.20. The molecule has 0 aromatic heterocycles. The van der Waals surface area contributed by atoms with Gasteiger partial charge in [0.05, 0.1) is 4.90 Å². The van der Waals surface area contributed by atoms with Crippen LogP contribution in [0.4, 0.5) is 0 Å². The molecule has 0 heterocycles. The van der Waals surface area contributed by atoms with Crippen molar-refractivity contribution >= 4 is 16.0 Å². The normalized spacial score (nSPS) is 12.1. The van der Waals surface area contributed by atoms with E-state index in [0.717, 1.165) is 22.7 Å². The number of esters is 1. The number of hydrogen-bond acceptors (Lipinski definition) is 4. The van der Waals surface area contributed by atoms with Crippen LogP contribution in [0.3, 0.4) is 0 Å². The van der Waals surface area contributed by atoms with Gasteiger partial charge in [-0.2, -0.15) is 4.31 Å². The molecule has 0 aliphatic rings. The molecule has 158 valence electrons. The highest BCUT2D eigenvalue weighted by Gasteiger charge is 2.43. The summed E-state index contributed by atoms with van der Waals surface area (Å²) < 4.78 is 33.1. The van der Waals surface area contributed by atoms with Gasteiger partial charge in [0.2, 0.25) is 10.0 Å². The molecule has 1 aromatic rings. The van der Waals surface area contributed by atoms with Crippen LogP contribution in [0.5, 0.6) is 0 Å². The van der Waals surface area contributed by atoms with E-state index in [1.165, 1.54) is 32.1 Å². The van der Waals surface area contributed by atoms with Gasteiger partial charge in [-0.05, 0) is 51.3 Å². The first-order valence-corrected chi connectivity index (χ1v) is 10.8. The minimum atomic E-state index is -3.98. The molecule has 0 fully saturated rings. The quantitative estimate of drug-likeness (QED) is 0.216. The van der Waals surface area contributed by atoms with Gasteiger partial charge in [-0.3, -0.25) is 4.79 Å². The van der Waals surface area contributed by atoms with Crippen LogP contribution in [0, 0.1) is 6.92 Å². The van der Waals surface area contributed by atoms with Gasteiger partial charge >= 0.3 is 5.97 Å². The molecule has 1 rings (SSSR count). The molecule has 5 nitrogen and oxygen atoms in total. The van der Waals surface area contributed by atoms with Crippen molar-refractivity contribution in [2.24, 2.45) is 0 Å². The highest BCUT2D eigenvalue weighted by atomic mass is 32.2. The standard InChI is InChI=1S/C23H31NO4S/c1-7-9-10-11-12-20(4)18-24(23(5,6)22(25)28-17-8-2)29(26,27)21-15-13-19(3)14-16-21/h7-8,11-16H,1-2,4,9-10,17-18H2,3,5-6H3/b12-11+. The number of carbonyl (C=O) groups is 1. The number of allylic oxidation sites excluding steroid dienone is 2. The molecule has 6 heteroatoms. The number of sulfonamides is 1. The summed E-state index contributed by atoms with van der Waals surface area (Å²) >= 11 is 0. The first-order valence-electron chi connectivity index (χ1n) is 9.40. The van der Waals surface area contributed by atoms with E-state index in [4.69, 9.17) is 4.74 Å². The molecule has 0 aliphatic heterocycles. The number of unbranched alkanes of at least 4 members (excludes halogenated alkanes) is 1. The summed E-state index contributed by atoms with van der Waals surface area (Å²) in [6.07, 6.45) is 8.51. The number of hydrogen-bond donors (Lipinski definition) is 0. The Labute approximate surface area is 175 Å². The van der Waals surface area contributed by atoms with E-state index in [0.29, 0.717) is 5.57 Å². The Morgan fingerprint density at radius 1 is 1.14 bits per heavy atom. The average Bonchev–Trinajstić information content (AvgIpc) is 2.67. The van der Waals surface area contributed by atoms with Gasteiger partial charge in [-0.1, -0.05) is 55.2 Å². The van der Waals surface area contributed by atoms with E-state index in [1.54, 1.807) is 24.3 Å². The molecule has 29 heavy (non-hydrogen) atoms. The van der Waals surface area contributed by atoms with Gasteiger partial charge in [-0.25, -0.2) is 8.42 Å². The van der Waals surface area contributed by atoms with E-state index in [2.05, 4.69) is 19.7 Å². The van der Waals surface area contributed by atoms with Crippen molar-refractivity contribution in [3.63, 3.8) is 0 Å². The monoisotopic (exact) mass is 417 g/mol. The number of benzene rings is 1. The fraction of sp³-hybridized carbons (Fsp3) is 0.348. The predicted octanol–water partition coefficient (Wildman–Crippen LogP) is 4.57. The largest absolute Gasteiger partial charge is 0.460 e. The summed E-state index contributed by atoms with van der Waals surface area (Å²) in [5.41, 5.74) is 0.0639. The smallest absolute Gasteiger partial charge is 0.327 e. The van der Waals surface area contributed by atoms with E-state index in [9.17, 15) is 13.2 Å². The Morgan fingerprint density at radius 2 is 1.76 bits per heavy atom. The molecule has 0 bridgehead atoms. The first-order chi connectivity index (χ1) is 13.6. The van der Waals surface area contributed by atoms with E-state index >= 15 is 0 Å². The van der Waals surface area contributed by atoms with Crippen LogP contribution in [0.15, 0.2) is 78.8 Å². The van der Waals surface area contributed by atoms with E-state index < -0.39 is 21.5 Å². The molecule has 0 N–H and O–H groups in total. The molecule has 0 radical (unpaired) electrons. The van der Waals surface area contributed by atoms with Crippen LogP contribution in [0.1, 0.15) is 32.3 Å². The van der Waals surface area contributed by atoms with Gasteiger partial charge < -0.3 is 4.74 Å².